The van der Waals surface area contributed by atoms with Crippen LogP contribution in [0.2, 0.25) is 0 Å². The first-order valence-electron chi connectivity index (χ1n) is 9.80. The largest absolute Gasteiger partial charge is 0.355 e. The van der Waals surface area contributed by atoms with Crippen LogP contribution in [0.4, 0.5) is 0 Å². The summed E-state index contributed by atoms with van der Waals surface area (Å²) in [4.78, 5) is 15.9. The molecule has 0 aliphatic carbocycles. The van der Waals surface area contributed by atoms with Gasteiger partial charge in [-0.05, 0) is 43.7 Å². The highest BCUT2D eigenvalue weighted by Gasteiger charge is 2.31. The molecule has 6 heteroatoms. The molecule has 2 aromatic heterocycles. The smallest absolute Gasteiger partial charge is 0.184 e. The molecule has 2 unspecified atom stereocenters. The fourth-order valence-electron chi connectivity index (χ4n) is 4.11. The quantitative estimate of drug-likeness (QED) is 0.532. The van der Waals surface area contributed by atoms with Gasteiger partial charge in [-0.15, -0.1) is 11.3 Å². The van der Waals surface area contributed by atoms with Crippen molar-refractivity contribution in [2.24, 2.45) is 0 Å². The average molecular weight is 374 g/mol. The number of carbonyl (C=O) groups is 1. The maximum atomic E-state index is 12.3. The van der Waals surface area contributed by atoms with E-state index in [1.54, 1.807) is 17.4 Å². The lowest BCUT2D eigenvalue weighted by atomic mass is 10.1. The van der Waals surface area contributed by atoms with E-state index in [4.69, 9.17) is 4.52 Å². The van der Waals surface area contributed by atoms with Crippen LogP contribution in [-0.2, 0) is 0 Å². The number of carbonyl (C=O) groups excluding carboxylic acids is 1. The molecule has 0 aromatic carbocycles. The van der Waals surface area contributed by atoms with Crippen molar-refractivity contribution in [1.82, 2.24) is 15.4 Å². The summed E-state index contributed by atoms with van der Waals surface area (Å²) in [6.07, 6.45) is 7.74. The van der Waals surface area contributed by atoms with E-state index >= 15 is 0 Å². The number of likely N-dealkylation sites (tertiary alicyclic amines) is 1. The van der Waals surface area contributed by atoms with E-state index in [2.05, 4.69) is 15.4 Å². The van der Waals surface area contributed by atoms with E-state index in [1.165, 1.54) is 45.3 Å². The van der Waals surface area contributed by atoms with Crippen LogP contribution in [0.1, 0.15) is 55.4 Å². The van der Waals surface area contributed by atoms with E-state index in [-0.39, 0.29) is 5.78 Å². The highest BCUT2D eigenvalue weighted by molar-refractivity contribution is 7.13. The van der Waals surface area contributed by atoms with Crippen molar-refractivity contribution < 1.29 is 9.32 Å². The predicted octanol–water partition coefficient (Wildman–Crippen LogP) is 3.97. The third-order valence-electron chi connectivity index (χ3n) is 5.48. The summed E-state index contributed by atoms with van der Waals surface area (Å²) in [5.74, 6) is 0.781. The Kier molecular flexibility index (Phi) is 5.82. The summed E-state index contributed by atoms with van der Waals surface area (Å²) in [6.45, 7) is 3.64. The van der Waals surface area contributed by atoms with Gasteiger partial charge in [-0.25, -0.2) is 0 Å². The predicted molar refractivity (Wildman–Crippen MR) is 104 cm³/mol. The second-order valence-corrected chi connectivity index (χ2v) is 8.49. The Balaban J connectivity index is 1.11. The van der Waals surface area contributed by atoms with Gasteiger partial charge in [0.2, 0.25) is 0 Å². The highest BCUT2D eigenvalue weighted by atomic mass is 32.1. The Labute approximate surface area is 158 Å². The van der Waals surface area contributed by atoms with Crippen LogP contribution in [0.25, 0.3) is 10.6 Å². The summed E-state index contributed by atoms with van der Waals surface area (Å²) in [5.41, 5.74) is 0.463. The molecule has 0 amide bonds. The number of unbranched alkanes of at least 4 members (excludes halogenated alkanes) is 3. The Morgan fingerprint density at radius 1 is 1.23 bits per heavy atom. The minimum Gasteiger partial charge on any atom is -0.355 e. The summed E-state index contributed by atoms with van der Waals surface area (Å²) >= 11 is 1.59. The van der Waals surface area contributed by atoms with Gasteiger partial charge in [0.1, 0.15) is 5.69 Å². The number of nitrogens with zero attached hydrogens (tertiary/aromatic N) is 2. The number of ketones is 1. The van der Waals surface area contributed by atoms with E-state index in [1.807, 2.05) is 17.5 Å². The second kappa shape index (κ2) is 8.46. The molecule has 2 bridgehead atoms. The molecule has 0 spiro atoms. The van der Waals surface area contributed by atoms with Crippen molar-refractivity contribution in [2.75, 3.05) is 19.6 Å². The van der Waals surface area contributed by atoms with Crippen molar-refractivity contribution in [1.29, 1.82) is 0 Å². The SMILES string of the molecule is O=C(CCCCCCN1CC2CCC(C1)N2)c1cc(-c2cccs2)on1. The highest BCUT2D eigenvalue weighted by Crippen LogP contribution is 2.25. The minimum atomic E-state index is 0.0928. The fourth-order valence-corrected chi connectivity index (χ4v) is 4.79. The Bertz CT molecular complexity index is 700. The maximum Gasteiger partial charge on any atom is 0.184 e. The molecule has 4 rings (SSSR count). The first kappa shape index (κ1) is 17.9. The van der Waals surface area contributed by atoms with Gasteiger partial charge in [-0.3, -0.25) is 4.79 Å². The van der Waals surface area contributed by atoms with Gasteiger partial charge in [0.25, 0.3) is 0 Å². The number of rotatable bonds is 9. The maximum absolute atomic E-state index is 12.3. The van der Waals surface area contributed by atoms with Gasteiger partial charge in [0.05, 0.1) is 4.88 Å². The number of hydrogen-bond donors (Lipinski definition) is 1. The van der Waals surface area contributed by atoms with Crippen molar-refractivity contribution >= 4 is 17.1 Å². The van der Waals surface area contributed by atoms with Gasteiger partial charge in [-0.1, -0.05) is 24.1 Å². The Morgan fingerprint density at radius 2 is 2.04 bits per heavy atom. The van der Waals surface area contributed by atoms with Crippen molar-refractivity contribution in [3.8, 4) is 10.6 Å². The van der Waals surface area contributed by atoms with Gasteiger partial charge < -0.3 is 14.7 Å². The fraction of sp³-hybridized carbons (Fsp3) is 0.600. The number of hydrogen-bond acceptors (Lipinski definition) is 6. The number of nitrogens with one attached hydrogen (secondary N) is 1. The summed E-state index contributed by atoms with van der Waals surface area (Å²) in [7, 11) is 0. The average Bonchev–Trinajstić information content (AvgIpc) is 3.38. The van der Waals surface area contributed by atoms with Gasteiger partial charge in [0.15, 0.2) is 11.5 Å². The molecular weight excluding hydrogens is 346 g/mol. The molecule has 2 atom stereocenters. The lowest BCUT2D eigenvalue weighted by Crippen LogP contribution is -2.51. The molecule has 1 N–H and O–H groups in total. The number of Topliss-reactive ketones (excluding diaryl/α,β-unsaturated/α-hetero) is 1. The summed E-state index contributed by atoms with van der Waals surface area (Å²) < 4.78 is 5.29. The van der Waals surface area contributed by atoms with Gasteiger partial charge in [0, 0.05) is 37.7 Å². The van der Waals surface area contributed by atoms with Crippen molar-refractivity contribution in [3.63, 3.8) is 0 Å². The topological polar surface area (TPSA) is 58.4 Å². The minimum absolute atomic E-state index is 0.0928. The lowest BCUT2D eigenvalue weighted by Gasteiger charge is -2.32. The zero-order chi connectivity index (χ0) is 17.8. The third kappa shape index (κ3) is 4.42. The van der Waals surface area contributed by atoms with Crippen LogP contribution < -0.4 is 5.32 Å². The molecule has 2 fully saturated rings. The van der Waals surface area contributed by atoms with Crippen LogP contribution in [0.3, 0.4) is 0 Å². The first-order valence-corrected chi connectivity index (χ1v) is 10.7. The summed E-state index contributed by atoms with van der Waals surface area (Å²) in [6, 6.07) is 7.17. The third-order valence-corrected chi connectivity index (χ3v) is 6.36. The molecule has 4 heterocycles. The van der Waals surface area contributed by atoms with Gasteiger partial charge >= 0.3 is 0 Å². The molecule has 2 aliphatic heterocycles. The number of aromatic nitrogens is 1. The number of fused-ring (bicyclic) bond motifs is 2. The Hall–Kier alpha value is -1.50. The Morgan fingerprint density at radius 3 is 2.81 bits per heavy atom. The molecule has 0 saturated carbocycles. The lowest BCUT2D eigenvalue weighted by molar-refractivity contribution is 0.0970. The first-order chi connectivity index (χ1) is 12.8. The zero-order valence-electron chi connectivity index (χ0n) is 15.2. The zero-order valence-corrected chi connectivity index (χ0v) is 16.0. The van der Waals surface area contributed by atoms with Crippen LogP contribution in [0, 0.1) is 0 Å². The molecular formula is C20H27N3O2S. The van der Waals surface area contributed by atoms with Crippen LogP contribution in [0.15, 0.2) is 28.1 Å². The molecule has 2 saturated heterocycles. The van der Waals surface area contributed by atoms with E-state index in [0.29, 0.717) is 17.9 Å². The van der Waals surface area contributed by atoms with Crippen LogP contribution in [-0.4, -0.2) is 47.6 Å². The van der Waals surface area contributed by atoms with E-state index in [9.17, 15) is 4.79 Å². The summed E-state index contributed by atoms with van der Waals surface area (Å²) in [5, 5.41) is 9.61. The normalized spacial score (nSPS) is 22.8. The van der Waals surface area contributed by atoms with Crippen molar-refractivity contribution in [2.45, 2.75) is 57.0 Å². The second-order valence-electron chi connectivity index (χ2n) is 7.54. The van der Waals surface area contributed by atoms with Crippen LogP contribution >= 0.6 is 11.3 Å². The van der Waals surface area contributed by atoms with E-state index in [0.717, 1.165) is 29.8 Å². The monoisotopic (exact) mass is 373 g/mol. The molecule has 26 heavy (non-hydrogen) atoms. The molecule has 140 valence electrons. The molecule has 0 radical (unpaired) electrons. The molecule has 5 nitrogen and oxygen atoms in total. The van der Waals surface area contributed by atoms with Crippen LogP contribution in [0.5, 0.6) is 0 Å². The van der Waals surface area contributed by atoms with Gasteiger partial charge in [-0.2, -0.15) is 0 Å². The number of piperazine rings is 1. The molecule has 2 aromatic rings. The number of thiophene rings is 1. The molecule has 2 aliphatic rings. The van der Waals surface area contributed by atoms with E-state index < -0.39 is 0 Å². The standard InChI is InChI=1S/C20H27N3O2S/c24-18(17-12-19(25-22-17)20-7-5-11-26-20)6-3-1-2-4-10-23-13-15-8-9-16(14-23)21-15/h5,7,11-12,15-16,21H,1-4,6,8-10,13-14H2. The van der Waals surface area contributed by atoms with Crippen molar-refractivity contribution in [3.05, 3.63) is 29.3 Å².